The van der Waals surface area contributed by atoms with Gasteiger partial charge >= 0.3 is 29.6 Å². The van der Waals surface area contributed by atoms with E-state index in [4.69, 9.17) is 21.2 Å². The summed E-state index contributed by atoms with van der Waals surface area (Å²) in [6.07, 6.45) is 9.18. The molecular weight excluding hydrogens is 663 g/mol. The van der Waals surface area contributed by atoms with Gasteiger partial charge in [0, 0.05) is 62.0 Å². The molecule has 0 fully saturated rings. The maximum absolute atomic E-state index is 12.6. The van der Waals surface area contributed by atoms with E-state index >= 15 is 0 Å². The number of pyridine rings is 4. The molecule has 6 aromatic rings. The first-order valence-corrected chi connectivity index (χ1v) is 16.4. The van der Waals surface area contributed by atoms with Gasteiger partial charge in [-0.25, -0.2) is 35.8 Å². The number of fused-ring (bicyclic) bond motifs is 2. The van der Waals surface area contributed by atoms with Crippen molar-refractivity contribution in [3.05, 3.63) is 109 Å². The molecule has 0 atom stereocenters. The van der Waals surface area contributed by atoms with Crippen LogP contribution in [0.2, 0.25) is 0 Å². The average Bonchev–Trinajstić information content (AvgIpc) is 3.74. The molecule has 6 aromatic heterocycles. The standard InChI is InChI=1S/C14H11N5O2S.C7H5ClN2O2S.C7H7N3.Na.H/c1-18(14-3-2-11(9-15)10-16-14)22(20,21)13-5-7-19-12(8-13)4-6-17-19;8-13(11,12)7-2-4-10-6(5-7)1-3-9-10;1-9-7-3-2-6(4-8)5-10-7;;/h2-8,10H,1H3;1-5H;2-3,5H,1H3,(H,9,10);;/q;;;+1;-1. The summed E-state index contributed by atoms with van der Waals surface area (Å²) in [5.74, 6) is 1.02. The minimum atomic E-state index is -3.73. The van der Waals surface area contributed by atoms with Crippen molar-refractivity contribution in [2.24, 2.45) is 0 Å². The topological polar surface area (TPSA) is 192 Å². The van der Waals surface area contributed by atoms with Gasteiger partial charge in [0.1, 0.15) is 23.8 Å². The predicted octanol–water partition coefficient (Wildman–Crippen LogP) is 0.799. The second-order valence-electron chi connectivity index (χ2n) is 8.85. The molecule has 230 valence electrons. The molecule has 0 saturated heterocycles. The fourth-order valence-electron chi connectivity index (χ4n) is 3.64. The number of rotatable bonds is 5. The maximum atomic E-state index is 12.6. The Morgan fingerprint density at radius 2 is 1.33 bits per heavy atom. The molecule has 14 nitrogen and oxygen atoms in total. The molecule has 0 aliphatic rings. The van der Waals surface area contributed by atoms with Gasteiger partial charge in [0.25, 0.3) is 19.1 Å². The first-order chi connectivity index (χ1) is 21.5. The molecule has 0 spiro atoms. The van der Waals surface area contributed by atoms with E-state index in [1.165, 1.54) is 49.8 Å². The van der Waals surface area contributed by atoms with Gasteiger partial charge in [0.15, 0.2) is 0 Å². The van der Waals surface area contributed by atoms with Gasteiger partial charge in [-0.15, -0.1) is 0 Å². The van der Waals surface area contributed by atoms with Crippen molar-refractivity contribution in [3.63, 3.8) is 0 Å². The molecule has 18 heteroatoms. The number of sulfonamides is 1. The van der Waals surface area contributed by atoms with Crippen LogP contribution in [0.5, 0.6) is 0 Å². The monoisotopic (exact) mass is 686 g/mol. The van der Waals surface area contributed by atoms with Crippen molar-refractivity contribution >= 4 is 52.4 Å². The Hall–Kier alpha value is -4.55. The van der Waals surface area contributed by atoms with Crippen LogP contribution in [0.4, 0.5) is 11.6 Å². The fraction of sp³-hybridized carbons (Fsp3) is 0.0714. The molecule has 6 heterocycles. The summed E-state index contributed by atoms with van der Waals surface area (Å²) in [7, 11) is 1.00. The minimum Gasteiger partial charge on any atom is -1.00 e. The van der Waals surface area contributed by atoms with Crippen molar-refractivity contribution in [2.75, 3.05) is 23.7 Å². The minimum absolute atomic E-state index is 0. The smallest absolute Gasteiger partial charge is 1.00 e. The molecule has 6 rings (SSSR count). The third kappa shape index (κ3) is 8.79. The van der Waals surface area contributed by atoms with E-state index in [0.29, 0.717) is 22.2 Å². The van der Waals surface area contributed by atoms with E-state index in [2.05, 4.69) is 25.5 Å². The van der Waals surface area contributed by atoms with Crippen molar-refractivity contribution in [1.82, 2.24) is 29.2 Å². The van der Waals surface area contributed by atoms with Crippen LogP contribution in [0.1, 0.15) is 12.6 Å². The van der Waals surface area contributed by atoms with E-state index in [1.807, 2.05) is 12.1 Å². The Bertz CT molecular complexity index is 2250. The summed E-state index contributed by atoms with van der Waals surface area (Å²) in [6, 6.07) is 19.7. The van der Waals surface area contributed by atoms with Gasteiger partial charge in [-0.2, -0.15) is 20.7 Å². The van der Waals surface area contributed by atoms with Crippen LogP contribution in [0.3, 0.4) is 0 Å². The number of hydrogen-bond donors (Lipinski definition) is 1. The molecular formula is C28H24ClN10NaO4S2. The van der Waals surface area contributed by atoms with Crippen LogP contribution >= 0.6 is 10.7 Å². The predicted molar refractivity (Wildman–Crippen MR) is 168 cm³/mol. The van der Waals surface area contributed by atoms with Crippen molar-refractivity contribution < 1.29 is 47.8 Å². The summed E-state index contributed by atoms with van der Waals surface area (Å²) in [4.78, 5) is 8.17. The average molecular weight is 687 g/mol. The number of nitrogens with zero attached hydrogens (tertiary/aromatic N) is 9. The summed E-state index contributed by atoms with van der Waals surface area (Å²) >= 11 is 0. The van der Waals surface area contributed by atoms with Gasteiger partial charge in [0.05, 0.1) is 32.0 Å². The van der Waals surface area contributed by atoms with Crippen molar-refractivity contribution in [1.29, 1.82) is 10.5 Å². The second-order valence-corrected chi connectivity index (χ2v) is 13.4. The number of halogens is 1. The van der Waals surface area contributed by atoms with Gasteiger partial charge < -0.3 is 6.74 Å². The molecule has 0 aliphatic heterocycles. The van der Waals surface area contributed by atoms with E-state index in [-0.39, 0.29) is 46.6 Å². The Morgan fingerprint density at radius 1 is 0.804 bits per heavy atom. The summed E-state index contributed by atoms with van der Waals surface area (Å²) in [6.45, 7) is 0. The van der Waals surface area contributed by atoms with Gasteiger partial charge in [0.2, 0.25) is 0 Å². The zero-order chi connectivity index (χ0) is 32.6. The largest absolute Gasteiger partial charge is 1.00 e. The van der Waals surface area contributed by atoms with Crippen LogP contribution in [-0.4, -0.2) is 60.1 Å². The van der Waals surface area contributed by atoms with Gasteiger partial charge in [-0.05, 0) is 60.7 Å². The molecule has 0 bridgehead atoms. The Labute approximate surface area is 292 Å². The molecule has 46 heavy (non-hydrogen) atoms. The van der Waals surface area contributed by atoms with Gasteiger partial charge in [-0.3, -0.25) is 4.31 Å². The van der Waals surface area contributed by atoms with E-state index in [9.17, 15) is 16.8 Å². The molecule has 0 aliphatic carbocycles. The SMILES string of the molecule is CN(c1ccc(C#N)cn1)S(=O)(=O)c1ccn2nccc2c1.CNc1ccc(C#N)cn1.O=S(=O)(Cl)c1ccn2nccc2c1.[H-].[Na+]. The van der Waals surface area contributed by atoms with Crippen LogP contribution < -0.4 is 39.2 Å². The van der Waals surface area contributed by atoms with E-state index in [1.54, 1.807) is 71.2 Å². The van der Waals surface area contributed by atoms with Crippen LogP contribution in [0.15, 0.2) is 108 Å². The van der Waals surface area contributed by atoms with Crippen LogP contribution in [-0.2, 0) is 19.1 Å². The van der Waals surface area contributed by atoms with E-state index in [0.717, 1.165) is 10.1 Å². The van der Waals surface area contributed by atoms with Crippen molar-refractivity contribution in [2.45, 2.75) is 9.79 Å². The zero-order valence-corrected chi connectivity index (χ0v) is 29.0. The van der Waals surface area contributed by atoms with Crippen LogP contribution in [0.25, 0.3) is 11.0 Å². The Balaban J connectivity index is 0.000000263. The molecule has 1 N–H and O–H groups in total. The first-order valence-electron chi connectivity index (χ1n) is 12.7. The normalized spacial score (nSPS) is 10.6. The fourth-order valence-corrected chi connectivity index (χ4v) is 5.59. The van der Waals surface area contributed by atoms with Crippen molar-refractivity contribution in [3.8, 4) is 12.1 Å². The summed E-state index contributed by atoms with van der Waals surface area (Å²) in [5, 5.41) is 28.0. The Kier molecular flexibility index (Phi) is 12.2. The zero-order valence-electron chi connectivity index (χ0n) is 25.6. The first kappa shape index (κ1) is 35.9. The second kappa shape index (κ2) is 15.6. The third-order valence-electron chi connectivity index (χ3n) is 6.03. The molecule has 0 radical (unpaired) electrons. The quantitative estimate of drug-likeness (QED) is 0.199. The Morgan fingerprint density at radius 3 is 1.78 bits per heavy atom. The molecule has 0 saturated carbocycles. The molecule has 0 unspecified atom stereocenters. The molecule has 0 aromatic carbocycles. The number of aromatic nitrogens is 6. The number of nitrogens with one attached hydrogen (secondary N) is 1. The van der Waals surface area contributed by atoms with Gasteiger partial charge in [-0.1, -0.05) is 0 Å². The molecule has 0 amide bonds. The van der Waals surface area contributed by atoms with Crippen LogP contribution in [0, 0.1) is 22.7 Å². The number of hydrogen-bond acceptors (Lipinski definition) is 11. The maximum Gasteiger partial charge on any atom is 1.00 e. The van der Waals surface area contributed by atoms with E-state index < -0.39 is 19.1 Å². The summed E-state index contributed by atoms with van der Waals surface area (Å²) < 4.78 is 51.4. The summed E-state index contributed by atoms with van der Waals surface area (Å²) in [5.41, 5.74) is 2.33. The number of nitriles is 2. The third-order valence-corrected chi connectivity index (χ3v) is 9.14. The number of anilines is 2.